The predicted octanol–water partition coefficient (Wildman–Crippen LogP) is 0.664. The lowest BCUT2D eigenvalue weighted by Crippen LogP contribution is -2.43. The van der Waals surface area contributed by atoms with Crippen molar-refractivity contribution in [1.29, 1.82) is 0 Å². The zero-order valence-corrected chi connectivity index (χ0v) is 11.7. The Morgan fingerprint density at radius 3 is 2.44 bits per heavy atom. The van der Waals surface area contributed by atoms with Crippen molar-refractivity contribution in [3.8, 4) is 0 Å². The molecule has 0 spiro atoms. The molecule has 1 aliphatic rings. The van der Waals surface area contributed by atoms with E-state index in [4.69, 9.17) is 5.11 Å². The van der Waals surface area contributed by atoms with Crippen LogP contribution in [0.2, 0.25) is 0 Å². The number of hydrogen-bond donors (Lipinski definition) is 2. The highest BCUT2D eigenvalue weighted by molar-refractivity contribution is 7.87. The Bertz CT molecular complexity index is 379. The van der Waals surface area contributed by atoms with Gasteiger partial charge in [0.05, 0.1) is 5.92 Å². The van der Waals surface area contributed by atoms with Crippen LogP contribution >= 0.6 is 0 Å². The summed E-state index contributed by atoms with van der Waals surface area (Å²) in [6.07, 6.45) is 2.28. The van der Waals surface area contributed by atoms with Gasteiger partial charge in [-0.05, 0) is 18.8 Å². The summed E-state index contributed by atoms with van der Waals surface area (Å²) in [6.45, 7) is 4.60. The highest BCUT2D eigenvalue weighted by Crippen LogP contribution is 2.31. The molecule has 1 fully saturated rings. The highest BCUT2D eigenvalue weighted by atomic mass is 32.2. The van der Waals surface area contributed by atoms with E-state index in [1.54, 1.807) is 13.8 Å². The van der Waals surface area contributed by atoms with Crippen LogP contribution < -0.4 is 4.72 Å². The molecule has 2 N–H and O–H groups in total. The van der Waals surface area contributed by atoms with Gasteiger partial charge in [-0.25, -0.2) is 4.72 Å². The van der Waals surface area contributed by atoms with E-state index in [0.717, 1.165) is 12.8 Å². The van der Waals surface area contributed by atoms with Gasteiger partial charge in [-0.15, -0.1) is 0 Å². The maximum Gasteiger partial charge on any atom is 0.306 e. The van der Waals surface area contributed by atoms with Crippen LogP contribution in [-0.2, 0) is 15.0 Å². The van der Waals surface area contributed by atoms with Crippen molar-refractivity contribution in [3.05, 3.63) is 0 Å². The quantitative estimate of drug-likeness (QED) is 0.716. The van der Waals surface area contributed by atoms with E-state index in [-0.39, 0.29) is 12.5 Å². The third kappa shape index (κ3) is 3.66. The fraction of sp³-hybridized carbons (Fsp3) is 0.909. The molecule has 7 heteroatoms. The summed E-state index contributed by atoms with van der Waals surface area (Å²) in [4.78, 5) is 11.0. The summed E-state index contributed by atoms with van der Waals surface area (Å²) in [6, 6.07) is 0. The van der Waals surface area contributed by atoms with Crippen molar-refractivity contribution in [2.45, 2.75) is 33.1 Å². The molecule has 106 valence electrons. The SMILES string of the molecule is CCN(CC)S(=O)(=O)NCC1CCCC1C(=O)O. The number of nitrogens with one attached hydrogen (secondary N) is 1. The first-order valence-electron chi connectivity index (χ1n) is 6.39. The van der Waals surface area contributed by atoms with Crippen molar-refractivity contribution >= 4 is 16.2 Å². The van der Waals surface area contributed by atoms with Gasteiger partial charge < -0.3 is 5.11 Å². The number of aliphatic carboxylic acids is 1. The topological polar surface area (TPSA) is 86.7 Å². The molecule has 0 aromatic heterocycles. The van der Waals surface area contributed by atoms with Crippen LogP contribution in [0.1, 0.15) is 33.1 Å². The highest BCUT2D eigenvalue weighted by Gasteiger charge is 2.33. The fourth-order valence-electron chi connectivity index (χ4n) is 2.47. The summed E-state index contributed by atoms with van der Waals surface area (Å²) in [7, 11) is -3.47. The summed E-state index contributed by atoms with van der Waals surface area (Å²) < 4.78 is 27.6. The van der Waals surface area contributed by atoms with E-state index in [2.05, 4.69) is 4.72 Å². The molecule has 0 aliphatic heterocycles. The molecule has 0 aromatic carbocycles. The largest absolute Gasteiger partial charge is 0.481 e. The molecule has 0 radical (unpaired) electrons. The van der Waals surface area contributed by atoms with Crippen LogP contribution in [0.4, 0.5) is 0 Å². The molecule has 18 heavy (non-hydrogen) atoms. The van der Waals surface area contributed by atoms with Gasteiger partial charge in [0.1, 0.15) is 0 Å². The molecular formula is C11H22N2O4S. The van der Waals surface area contributed by atoms with Gasteiger partial charge in [-0.3, -0.25) is 4.79 Å². The number of carbonyl (C=O) groups is 1. The van der Waals surface area contributed by atoms with Crippen LogP contribution in [-0.4, -0.2) is 43.4 Å². The Kier molecular flexibility index (Phi) is 5.55. The Labute approximate surface area is 109 Å². The van der Waals surface area contributed by atoms with E-state index < -0.39 is 22.1 Å². The van der Waals surface area contributed by atoms with E-state index in [1.807, 2.05) is 0 Å². The maximum absolute atomic E-state index is 11.9. The first kappa shape index (κ1) is 15.4. The summed E-state index contributed by atoms with van der Waals surface area (Å²) in [5.74, 6) is -1.32. The molecule has 0 heterocycles. The van der Waals surface area contributed by atoms with Gasteiger partial charge >= 0.3 is 5.97 Å². The third-order valence-electron chi connectivity index (χ3n) is 3.55. The van der Waals surface area contributed by atoms with Gasteiger partial charge in [0, 0.05) is 19.6 Å². The van der Waals surface area contributed by atoms with E-state index in [9.17, 15) is 13.2 Å². The minimum Gasteiger partial charge on any atom is -0.481 e. The normalized spacial score (nSPS) is 24.6. The Morgan fingerprint density at radius 2 is 1.94 bits per heavy atom. The first-order chi connectivity index (χ1) is 8.42. The zero-order valence-electron chi connectivity index (χ0n) is 10.9. The minimum atomic E-state index is -3.47. The number of carboxylic acid groups (broad SMARTS) is 1. The lowest BCUT2D eigenvalue weighted by Gasteiger charge is -2.21. The van der Waals surface area contributed by atoms with Crippen LogP contribution in [0, 0.1) is 11.8 Å². The fourth-order valence-corrected chi connectivity index (χ4v) is 3.76. The third-order valence-corrected chi connectivity index (χ3v) is 5.28. The number of nitrogens with zero attached hydrogens (tertiary/aromatic N) is 1. The average Bonchev–Trinajstić information content (AvgIpc) is 2.76. The number of carboxylic acids is 1. The zero-order chi connectivity index (χ0) is 13.8. The van der Waals surface area contributed by atoms with Crippen molar-refractivity contribution in [2.75, 3.05) is 19.6 Å². The molecule has 2 unspecified atom stereocenters. The standard InChI is InChI=1S/C11H22N2O4S/c1-3-13(4-2)18(16,17)12-8-9-6-5-7-10(9)11(14)15/h9-10,12H,3-8H2,1-2H3,(H,14,15). The smallest absolute Gasteiger partial charge is 0.306 e. The van der Waals surface area contributed by atoms with Gasteiger partial charge in [0.2, 0.25) is 0 Å². The molecule has 2 atom stereocenters. The Morgan fingerprint density at radius 1 is 1.33 bits per heavy atom. The molecule has 6 nitrogen and oxygen atoms in total. The molecule has 0 aromatic rings. The Balaban J connectivity index is 2.57. The molecule has 0 bridgehead atoms. The summed E-state index contributed by atoms with van der Waals surface area (Å²) >= 11 is 0. The van der Waals surface area contributed by atoms with Crippen molar-refractivity contribution in [1.82, 2.24) is 9.03 Å². The lowest BCUT2D eigenvalue weighted by molar-refractivity contribution is -0.142. The molecule has 0 amide bonds. The van der Waals surface area contributed by atoms with Crippen LogP contribution in [0.3, 0.4) is 0 Å². The minimum absolute atomic E-state index is 0.0900. The second kappa shape index (κ2) is 6.49. The Hall–Kier alpha value is -0.660. The predicted molar refractivity (Wildman–Crippen MR) is 68.3 cm³/mol. The lowest BCUT2D eigenvalue weighted by atomic mass is 9.97. The van der Waals surface area contributed by atoms with E-state index in [0.29, 0.717) is 19.5 Å². The monoisotopic (exact) mass is 278 g/mol. The molecule has 1 saturated carbocycles. The first-order valence-corrected chi connectivity index (χ1v) is 7.83. The summed E-state index contributed by atoms with van der Waals surface area (Å²) in [5, 5.41) is 9.03. The van der Waals surface area contributed by atoms with Gasteiger partial charge in [-0.1, -0.05) is 20.3 Å². The van der Waals surface area contributed by atoms with Crippen molar-refractivity contribution in [3.63, 3.8) is 0 Å². The molecule has 0 saturated heterocycles. The van der Waals surface area contributed by atoms with Crippen LogP contribution in [0.15, 0.2) is 0 Å². The number of rotatable bonds is 7. The molecule has 1 rings (SSSR count). The maximum atomic E-state index is 11.9. The van der Waals surface area contributed by atoms with Crippen molar-refractivity contribution < 1.29 is 18.3 Å². The molecule has 1 aliphatic carbocycles. The number of hydrogen-bond acceptors (Lipinski definition) is 3. The molecular weight excluding hydrogens is 256 g/mol. The van der Waals surface area contributed by atoms with Crippen LogP contribution in [0.5, 0.6) is 0 Å². The second-order valence-corrected chi connectivity index (χ2v) is 6.33. The van der Waals surface area contributed by atoms with E-state index in [1.165, 1.54) is 4.31 Å². The van der Waals surface area contributed by atoms with E-state index >= 15 is 0 Å². The van der Waals surface area contributed by atoms with Gasteiger partial charge in [0.25, 0.3) is 10.2 Å². The van der Waals surface area contributed by atoms with Crippen molar-refractivity contribution in [2.24, 2.45) is 11.8 Å². The second-order valence-electron chi connectivity index (χ2n) is 4.57. The van der Waals surface area contributed by atoms with Gasteiger partial charge in [0.15, 0.2) is 0 Å². The average molecular weight is 278 g/mol. The van der Waals surface area contributed by atoms with Gasteiger partial charge in [-0.2, -0.15) is 12.7 Å². The van der Waals surface area contributed by atoms with Crippen LogP contribution in [0.25, 0.3) is 0 Å². The summed E-state index contributed by atoms with van der Waals surface area (Å²) in [5.41, 5.74) is 0.